The lowest BCUT2D eigenvalue weighted by Crippen LogP contribution is -2.02. The van der Waals surface area contributed by atoms with E-state index < -0.39 is 0 Å². The van der Waals surface area contributed by atoms with Crippen LogP contribution in [-0.4, -0.2) is 16.5 Å². The summed E-state index contributed by atoms with van der Waals surface area (Å²) >= 11 is 3.40. The number of hydrogen-bond acceptors (Lipinski definition) is 1. The highest BCUT2D eigenvalue weighted by molar-refractivity contribution is 9.09. The number of aliphatic hydroxyl groups is 1. The lowest BCUT2D eigenvalue weighted by atomic mass is 10.2. The maximum atomic E-state index is 8.61. The van der Waals surface area contributed by atoms with Gasteiger partial charge >= 0.3 is 0 Å². The smallest absolute Gasteiger partial charge is 0.0495 e. The molecule has 0 heterocycles. The zero-order valence-corrected chi connectivity index (χ0v) is 5.90. The standard InChI is InChI=1S/C5H9BrO/c1-5(3-7)2-4(5)6/h4,7H,2-3H2,1H3/t4-,5+/m1/s1. The average molecular weight is 165 g/mol. The van der Waals surface area contributed by atoms with Gasteiger partial charge in [0.2, 0.25) is 0 Å². The third-order valence-electron chi connectivity index (χ3n) is 1.60. The van der Waals surface area contributed by atoms with Crippen LogP contribution in [0.2, 0.25) is 0 Å². The second-order valence-electron chi connectivity index (χ2n) is 2.48. The van der Waals surface area contributed by atoms with E-state index in [9.17, 15) is 0 Å². The highest BCUT2D eigenvalue weighted by atomic mass is 79.9. The molecule has 1 N–H and O–H groups in total. The fourth-order valence-corrected chi connectivity index (χ4v) is 1.40. The van der Waals surface area contributed by atoms with Crippen LogP contribution in [0, 0.1) is 5.41 Å². The minimum atomic E-state index is 0.222. The molecule has 1 saturated carbocycles. The lowest BCUT2D eigenvalue weighted by Gasteiger charge is -1.98. The van der Waals surface area contributed by atoms with E-state index in [4.69, 9.17) is 5.11 Å². The molecule has 1 rings (SSSR count). The molecule has 0 bridgehead atoms. The first-order chi connectivity index (χ1) is 3.19. The van der Waals surface area contributed by atoms with Crippen molar-refractivity contribution in [2.24, 2.45) is 5.41 Å². The van der Waals surface area contributed by atoms with Crippen molar-refractivity contribution < 1.29 is 5.11 Å². The van der Waals surface area contributed by atoms with Crippen LogP contribution in [-0.2, 0) is 0 Å². The van der Waals surface area contributed by atoms with E-state index in [1.807, 2.05) is 0 Å². The molecule has 0 aromatic rings. The second-order valence-corrected chi connectivity index (χ2v) is 3.59. The normalized spacial score (nSPS) is 49.3. The molecule has 1 fully saturated rings. The summed E-state index contributed by atoms with van der Waals surface area (Å²) in [5, 5.41) is 8.61. The van der Waals surface area contributed by atoms with E-state index in [0.717, 1.165) is 6.42 Å². The fraction of sp³-hybridized carbons (Fsp3) is 1.00. The van der Waals surface area contributed by atoms with E-state index in [-0.39, 0.29) is 5.41 Å². The summed E-state index contributed by atoms with van der Waals surface area (Å²) in [6.45, 7) is 2.40. The van der Waals surface area contributed by atoms with E-state index in [1.54, 1.807) is 0 Å². The first-order valence-corrected chi connectivity index (χ1v) is 3.35. The van der Waals surface area contributed by atoms with Gasteiger partial charge in [-0.15, -0.1) is 0 Å². The zero-order valence-electron chi connectivity index (χ0n) is 4.32. The van der Waals surface area contributed by atoms with Gasteiger partial charge in [0.25, 0.3) is 0 Å². The predicted octanol–water partition coefficient (Wildman–Crippen LogP) is 1.15. The van der Waals surface area contributed by atoms with Gasteiger partial charge in [-0.05, 0) is 6.42 Å². The fourth-order valence-electron chi connectivity index (χ4n) is 0.514. The highest BCUT2D eigenvalue weighted by Gasteiger charge is 2.47. The molecular formula is C5H9BrO. The zero-order chi connectivity index (χ0) is 5.49. The minimum Gasteiger partial charge on any atom is -0.396 e. The van der Waals surface area contributed by atoms with Gasteiger partial charge in [-0.25, -0.2) is 0 Å². The molecule has 7 heavy (non-hydrogen) atoms. The molecule has 0 amide bonds. The summed E-state index contributed by atoms with van der Waals surface area (Å²) < 4.78 is 0. The van der Waals surface area contributed by atoms with Crippen molar-refractivity contribution in [1.29, 1.82) is 0 Å². The van der Waals surface area contributed by atoms with Crippen molar-refractivity contribution in [3.8, 4) is 0 Å². The number of alkyl halides is 1. The Hall–Kier alpha value is 0.440. The van der Waals surface area contributed by atoms with Crippen LogP contribution >= 0.6 is 15.9 Å². The molecule has 1 aliphatic rings. The van der Waals surface area contributed by atoms with Crippen LogP contribution in [0.4, 0.5) is 0 Å². The number of rotatable bonds is 1. The highest BCUT2D eigenvalue weighted by Crippen LogP contribution is 2.50. The topological polar surface area (TPSA) is 20.2 Å². The molecule has 1 aliphatic carbocycles. The molecule has 0 spiro atoms. The molecule has 42 valence electrons. The quantitative estimate of drug-likeness (QED) is 0.578. The Morgan fingerprint density at radius 2 is 2.43 bits per heavy atom. The van der Waals surface area contributed by atoms with Gasteiger partial charge in [-0.2, -0.15) is 0 Å². The van der Waals surface area contributed by atoms with E-state index in [2.05, 4.69) is 22.9 Å². The lowest BCUT2D eigenvalue weighted by molar-refractivity contribution is 0.226. The molecule has 0 unspecified atom stereocenters. The first-order valence-electron chi connectivity index (χ1n) is 2.44. The van der Waals surface area contributed by atoms with Crippen LogP contribution in [0.5, 0.6) is 0 Å². The van der Waals surface area contributed by atoms with Crippen LogP contribution < -0.4 is 0 Å². The Morgan fingerprint density at radius 3 is 2.43 bits per heavy atom. The molecule has 0 aromatic carbocycles. The Bertz CT molecular complexity index is 80.1. The van der Waals surface area contributed by atoms with Crippen LogP contribution in [0.25, 0.3) is 0 Å². The Kier molecular flexibility index (Phi) is 1.16. The first kappa shape index (κ1) is 5.57. The van der Waals surface area contributed by atoms with Crippen molar-refractivity contribution in [3.63, 3.8) is 0 Å². The molecule has 2 heteroatoms. The Labute approximate surface area is 51.9 Å². The van der Waals surface area contributed by atoms with E-state index >= 15 is 0 Å². The van der Waals surface area contributed by atoms with Crippen molar-refractivity contribution in [2.75, 3.05) is 6.61 Å². The van der Waals surface area contributed by atoms with E-state index in [1.165, 1.54) is 0 Å². The van der Waals surface area contributed by atoms with Gasteiger partial charge < -0.3 is 5.11 Å². The molecule has 2 atom stereocenters. The largest absolute Gasteiger partial charge is 0.396 e. The average Bonchev–Trinajstić information content (AvgIpc) is 2.18. The summed E-state index contributed by atoms with van der Waals surface area (Å²) in [4.78, 5) is 0.574. The summed E-state index contributed by atoms with van der Waals surface area (Å²) in [5.41, 5.74) is 0.222. The molecule has 0 aliphatic heterocycles. The van der Waals surface area contributed by atoms with E-state index in [0.29, 0.717) is 11.4 Å². The van der Waals surface area contributed by atoms with Crippen molar-refractivity contribution >= 4 is 15.9 Å². The number of aliphatic hydroxyl groups excluding tert-OH is 1. The maximum Gasteiger partial charge on any atom is 0.0495 e. The summed E-state index contributed by atoms with van der Waals surface area (Å²) in [5.74, 6) is 0. The van der Waals surface area contributed by atoms with Gasteiger partial charge in [-0.3, -0.25) is 0 Å². The van der Waals surface area contributed by atoms with Crippen molar-refractivity contribution in [1.82, 2.24) is 0 Å². The van der Waals surface area contributed by atoms with Gasteiger partial charge in [0.1, 0.15) is 0 Å². The molecule has 0 saturated heterocycles. The summed E-state index contributed by atoms with van der Waals surface area (Å²) in [7, 11) is 0. The summed E-state index contributed by atoms with van der Waals surface area (Å²) in [6, 6.07) is 0. The van der Waals surface area contributed by atoms with Gasteiger partial charge in [0, 0.05) is 16.8 Å². The van der Waals surface area contributed by atoms with Crippen molar-refractivity contribution in [3.05, 3.63) is 0 Å². The van der Waals surface area contributed by atoms with Crippen LogP contribution in [0.15, 0.2) is 0 Å². The third kappa shape index (κ3) is 0.820. The molecular weight excluding hydrogens is 156 g/mol. The predicted molar refractivity (Wildman–Crippen MR) is 32.5 cm³/mol. The monoisotopic (exact) mass is 164 g/mol. The molecule has 0 aromatic heterocycles. The Balaban J connectivity index is 2.36. The number of hydrogen-bond donors (Lipinski definition) is 1. The minimum absolute atomic E-state index is 0.222. The maximum absolute atomic E-state index is 8.61. The molecule has 1 nitrogen and oxygen atoms in total. The van der Waals surface area contributed by atoms with Crippen molar-refractivity contribution in [2.45, 2.75) is 18.2 Å². The Morgan fingerprint density at radius 1 is 2.00 bits per heavy atom. The number of halogens is 1. The SMILES string of the molecule is C[C@@]1(CO)C[C@H]1Br. The van der Waals surface area contributed by atoms with Gasteiger partial charge in [0.05, 0.1) is 0 Å². The summed E-state index contributed by atoms with van der Waals surface area (Å²) in [6.07, 6.45) is 1.13. The second kappa shape index (κ2) is 1.46. The van der Waals surface area contributed by atoms with Gasteiger partial charge in [-0.1, -0.05) is 22.9 Å². The third-order valence-corrected chi connectivity index (χ3v) is 3.03. The van der Waals surface area contributed by atoms with Crippen LogP contribution in [0.1, 0.15) is 13.3 Å². The van der Waals surface area contributed by atoms with Crippen LogP contribution in [0.3, 0.4) is 0 Å². The molecule has 0 radical (unpaired) electrons. The van der Waals surface area contributed by atoms with Gasteiger partial charge in [0.15, 0.2) is 0 Å².